The van der Waals surface area contributed by atoms with E-state index in [1.807, 2.05) is 0 Å². The van der Waals surface area contributed by atoms with Crippen molar-refractivity contribution in [1.29, 1.82) is 0 Å². The van der Waals surface area contributed by atoms with Gasteiger partial charge in [0.05, 0.1) is 4.90 Å². The average Bonchev–Trinajstić information content (AvgIpc) is 2.56. The number of nitrogens with zero attached hydrogens (tertiary/aromatic N) is 1. The van der Waals surface area contributed by atoms with E-state index in [0.29, 0.717) is 18.7 Å². The molecule has 6 nitrogen and oxygen atoms in total. The van der Waals surface area contributed by atoms with E-state index in [0.717, 1.165) is 25.5 Å². The summed E-state index contributed by atoms with van der Waals surface area (Å²) in [4.78, 5) is 22.2. The zero-order valence-corrected chi connectivity index (χ0v) is 13.1. The number of carbonyl (C=O) groups is 2. The Labute approximate surface area is 130 Å². The minimum absolute atomic E-state index is 0.207. The van der Waals surface area contributed by atoms with Gasteiger partial charge in [-0.3, -0.25) is 4.79 Å². The van der Waals surface area contributed by atoms with E-state index < -0.39 is 10.0 Å². The van der Waals surface area contributed by atoms with E-state index in [-0.39, 0.29) is 23.8 Å². The second-order valence-electron chi connectivity index (χ2n) is 5.20. The lowest BCUT2D eigenvalue weighted by molar-refractivity contribution is -0.107. The van der Waals surface area contributed by atoms with Crippen LogP contribution in [0.15, 0.2) is 29.2 Å². The van der Waals surface area contributed by atoms with Crippen molar-refractivity contribution in [3.05, 3.63) is 29.8 Å². The standard InChI is InChI=1S/C15H20N2O4S/c18-12-4-9-16-15(19)13-5-7-14(8-6-13)22(20,21)17-10-2-1-3-11-17/h5-8,12H,1-4,9-11H2,(H,16,19). The smallest absolute Gasteiger partial charge is 0.251 e. The highest BCUT2D eigenvalue weighted by molar-refractivity contribution is 7.89. The molecule has 22 heavy (non-hydrogen) atoms. The molecule has 0 unspecified atom stereocenters. The van der Waals surface area contributed by atoms with Gasteiger partial charge in [-0.2, -0.15) is 4.31 Å². The molecule has 1 aliphatic rings. The Morgan fingerprint density at radius 3 is 2.36 bits per heavy atom. The molecule has 1 aromatic rings. The SMILES string of the molecule is O=CCCNC(=O)c1ccc(S(=O)(=O)N2CCCCC2)cc1. The van der Waals surface area contributed by atoms with Crippen molar-refractivity contribution < 1.29 is 18.0 Å². The topological polar surface area (TPSA) is 83.5 Å². The lowest BCUT2D eigenvalue weighted by atomic mass is 10.2. The van der Waals surface area contributed by atoms with Crippen molar-refractivity contribution in [3.8, 4) is 0 Å². The Morgan fingerprint density at radius 1 is 1.14 bits per heavy atom. The molecule has 0 aliphatic carbocycles. The van der Waals surface area contributed by atoms with Gasteiger partial charge in [0.2, 0.25) is 10.0 Å². The average molecular weight is 324 g/mol. The van der Waals surface area contributed by atoms with Crippen LogP contribution in [0, 0.1) is 0 Å². The van der Waals surface area contributed by atoms with Crippen LogP contribution in [0.5, 0.6) is 0 Å². The number of amides is 1. The summed E-state index contributed by atoms with van der Waals surface area (Å²) >= 11 is 0. The molecule has 1 N–H and O–H groups in total. The predicted octanol–water partition coefficient (Wildman–Crippen LogP) is 1.18. The van der Waals surface area contributed by atoms with Crippen LogP contribution in [0.4, 0.5) is 0 Å². The minimum Gasteiger partial charge on any atom is -0.352 e. The molecule has 7 heteroatoms. The Bertz CT molecular complexity index is 619. The van der Waals surface area contributed by atoms with E-state index in [9.17, 15) is 18.0 Å². The molecule has 120 valence electrons. The molecule has 0 saturated carbocycles. The number of aldehydes is 1. The molecule has 1 saturated heterocycles. The molecule has 0 radical (unpaired) electrons. The van der Waals surface area contributed by atoms with Gasteiger partial charge in [-0.1, -0.05) is 6.42 Å². The maximum atomic E-state index is 12.5. The van der Waals surface area contributed by atoms with Crippen molar-refractivity contribution >= 4 is 22.2 Å². The number of piperidine rings is 1. The van der Waals surface area contributed by atoms with Crippen LogP contribution in [-0.2, 0) is 14.8 Å². The first-order valence-electron chi connectivity index (χ1n) is 7.38. The van der Waals surface area contributed by atoms with Gasteiger partial charge in [-0.25, -0.2) is 8.42 Å². The summed E-state index contributed by atoms with van der Waals surface area (Å²) in [6.45, 7) is 1.38. The fraction of sp³-hybridized carbons (Fsp3) is 0.467. The monoisotopic (exact) mass is 324 g/mol. The summed E-state index contributed by atoms with van der Waals surface area (Å²) in [5, 5.41) is 2.59. The number of carbonyl (C=O) groups excluding carboxylic acids is 2. The first-order valence-corrected chi connectivity index (χ1v) is 8.82. The van der Waals surface area contributed by atoms with Gasteiger partial charge >= 0.3 is 0 Å². The van der Waals surface area contributed by atoms with E-state index in [2.05, 4.69) is 5.32 Å². The second kappa shape index (κ2) is 7.51. The van der Waals surface area contributed by atoms with Crippen LogP contribution in [0.3, 0.4) is 0 Å². The Balaban J connectivity index is 2.07. The van der Waals surface area contributed by atoms with Crippen LogP contribution in [0.25, 0.3) is 0 Å². The molecule has 1 heterocycles. The third-order valence-electron chi connectivity index (χ3n) is 3.62. The molecule has 2 rings (SSSR count). The van der Waals surface area contributed by atoms with E-state index >= 15 is 0 Å². The van der Waals surface area contributed by atoms with Gasteiger partial charge in [0.1, 0.15) is 6.29 Å². The van der Waals surface area contributed by atoms with Gasteiger partial charge in [0.15, 0.2) is 0 Å². The largest absolute Gasteiger partial charge is 0.352 e. The summed E-state index contributed by atoms with van der Waals surface area (Å²) in [6, 6.07) is 5.90. The van der Waals surface area contributed by atoms with Gasteiger partial charge in [0.25, 0.3) is 5.91 Å². The van der Waals surface area contributed by atoms with Crippen LogP contribution >= 0.6 is 0 Å². The second-order valence-corrected chi connectivity index (χ2v) is 7.14. The molecular formula is C15H20N2O4S. The molecule has 1 aromatic carbocycles. The highest BCUT2D eigenvalue weighted by atomic mass is 32.2. The fourth-order valence-corrected chi connectivity index (χ4v) is 3.90. The molecule has 0 aromatic heterocycles. The van der Waals surface area contributed by atoms with Crippen molar-refractivity contribution in [2.75, 3.05) is 19.6 Å². The lowest BCUT2D eigenvalue weighted by Crippen LogP contribution is -2.35. The molecule has 0 bridgehead atoms. The summed E-state index contributed by atoms with van der Waals surface area (Å²) < 4.78 is 26.4. The number of hydrogen-bond acceptors (Lipinski definition) is 4. The molecule has 0 atom stereocenters. The zero-order valence-electron chi connectivity index (χ0n) is 12.3. The van der Waals surface area contributed by atoms with Crippen molar-refractivity contribution in [1.82, 2.24) is 9.62 Å². The van der Waals surface area contributed by atoms with Gasteiger partial charge in [-0.15, -0.1) is 0 Å². The number of sulfonamides is 1. The summed E-state index contributed by atoms with van der Waals surface area (Å²) in [5.74, 6) is -0.316. The highest BCUT2D eigenvalue weighted by Gasteiger charge is 2.25. The first kappa shape index (κ1) is 16.6. The molecule has 1 amide bonds. The molecule has 1 fully saturated rings. The highest BCUT2D eigenvalue weighted by Crippen LogP contribution is 2.20. The molecule has 1 aliphatic heterocycles. The van der Waals surface area contributed by atoms with Crippen LogP contribution < -0.4 is 5.32 Å². The van der Waals surface area contributed by atoms with Crippen LogP contribution in [0.2, 0.25) is 0 Å². The van der Waals surface area contributed by atoms with E-state index in [4.69, 9.17) is 0 Å². The number of rotatable bonds is 6. The van der Waals surface area contributed by atoms with Gasteiger partial charge in [-0.05, 0) is 37.1 Å². The van der Waals surface area contributed by atoms with Gasteiger partial charge in [0, 0.05) is 31.6 Å². The third-order valence-corrected chi connectivity index (χ3v) is 5.53. The summed E-state index contributed by atoms with van der Waals surface area (Å²) in [7, 11) is -3.47. The first-order chi connectivity index (χ1) is 10.6. The fourth-order valence-electron chi connectivity index (χ4n) is 2.38. The van der Waals surface area contributed by atoms with E-state index in [1.165, 1.54) is 28.6 Å². The number of benzene rings is 1. The maximum Gasteiger partial charge on any atom is 0.251 e. The number of nitrogens with one attached hydrogen (secondary N) is 1. The summed E-state index contributed by atoms with van der Waals surface area (Å²) in [5.41, 5.74) is 0.378. The van der Waals surface area contributed by atoms with Crippen molar-refractivity contribution in [2.24, 2.45) is 0 Å². The normalized spacial score (nSPS) is 16.2. The molecule has 0 spiro atoms. The molecular weight excluding hydrogens is 304 g/mol. The minimum atomic E-state index is -3.47. The lowest BCUT2D eigenvalue weighted by Gasteiger charge is -2.25. The zero-order chi connectivity index (χ0) is 16.0. The van der Waals surface area contributed by atoms with Crippen molar-refractivity contribution in [3.63, 3.8) is 0 Å². The summed E-state index contributed by atoms with van der Waals surface area (Å²) in [6.07, 6.45) is 3.82. The third kappa shape index (κ3) is 3.92. The van der Waals surface area contributed by atoms with Crippen LogP contribution in [-0.4, -0.2) is 44.6 Å². The van der Waals surface area contributed by atoms with Gasteiger partial charge < -0.3 is 10.1 Å². The number of hydrogen-bond donors (Lipinski definition) is 1. The van der Waals surface area contributed by atoms with Crippen molar-refractivity contribution in [2.45, 2.75) is 30.6 Å². The van der Waals surface area contributed by atoms with E-state index in [1.54, 1.807) is 0 Å². The Morgan fingerprint density at radius 2 is 1.77 bits per heavy atom. The Hall–Kier alpha value is -1.73. The maximum absolute atomic E-state index is 12.5. The predicted molar refractivity (Wildman–Crippen MR) is 82.1 cm³/mol. The quantitative estimate of drug-likeness (QED) is 0.629. The Kier molecular flexibility index (Phi) is 5.68. The van der Waals surface area contributed by atoms with Crippen LogP contribution in [0.1, 0.15) is 36.0 Å².